The Bertz CT molecular complexity index is 877. The molecule has 0 spiro atoms. The first-order valence-corrected chi connectivity index (χ1v) is 14.5. The van der Waals surface area contributed by atoms with Crippen molar-refractivity contribution in [1.82, 2.24) is 4.90 Å². The average Bonchev–Trinajstić information content (AvgIpc) is 2.88. The molecule has 0 aliphatic carbocycles. The van der Waals surface area contributed by atoms with Gasteiger partial charge < -0.3 is 39.2 Å². The minimum absolute atomic E-state index is 0.0747. The van der Waals surface area contributed by atoms with E-state index in [9.17, 15) is 20.1 Å². The molecule has 3 fully saturated rings. The Balaban J connectivity index is 2.17. The summed E-state index contributed by atoms with van der Waals surface area (Å²) >= 11 is 0. The summed E-state index contributed by atoms with van der Waals surface area (Å²) in [6.45, 7) is 12.6. The van der Waals surface area contributed by atoms with Gasteiger partial charge in [0.2, 0.25) is 0 Å². The van der Waals surface area contributed by atoms with Crippen molar-refractivity contribution >= 4 is 11.7 Å². The van der Waals surface area contributed by atoms with Crippen molar-refractivity contribution in [1.29, 1.82) is 0 Å². The van der Waals surface area contributed by atoms with Gasteiger partial charge in [-0.3, -0.25) is 9.79 Å². The minimum atomic E-state index is -1.62. The fraction of sp³-hybridized carbons (Fsp3) is 0.931. The van der Waals surface area contributed by atoms with E-state index in [-0.39, 0.29) is 24.5 Å². The van der Waals surface area contributed by atoms with E-state index in [2.05, 4.69) is 9.89 Å². The number of aliphatic hydroxyl groups is 3. The summed E-state index contributed by atoms with van der Waals surface area (Å²) in [6, 6.07) is 0.205. The molecule has 0 amide bonds. The van der Waals surface area contributed by atoms with Gasteiger partial charge >= 0.3 is 5.97 Å². The van der Waals surface area contributed by atoms with Crippen molar-refractivity contribution in [2.24, 2.45) is 22.7 Å². The van der Waals surface area contributed by atoms with E-state index >= 15 is 0 Å². The molecule has 0 aromatic rings. The van der Waals surface area contributed by atoms with Crippen molar-refractivity contribution < 1.29 is 39.1 Å². The number of esters is 1. The Kier molecular flexibility index (Phi) is 10.3. The van der Waals surface area contributed by atoms with Crippen LogP contribution >= 0.6 is 0 Å². The highest BCUT2D eigenvalue weighted by Crippen LogP contribution is 2.41. The van der Waals surface area contributed by atoms with Crippen molar-refractivity contribution in [2.45, 2.75) is 134 Å². The summed E-state index contributed by atoms with van der Waals surface area (Å²) in [5.41, 5.74) is -2.35. The number of aliphatic imine (C=N–C) groups is 1. The molecule has 3 rings (SSSR count). The standard InChI is InChI=1S/C29H52N2O8/c1-11-20-29(7,35)25-17(4)22(30-8)15(2)14-28(6,34)26(24(39-25)23(32)18(5)27(33)37-20)38-21-13-19(31(9)10)12-16(3)36-21/h15-21,23-26,32,34-35H,11-14H2,1-10H3/t15-,16?,17-,18?,19?,20?,21?,23-,24+,25?,26?,28+,29?/m0/s1. The topological polar surface area (TPSA) is 130 Å². The third-order valence-corrected chi connectivity index (χ3v) is 9.18. The van der Waals surface area contributed by atoms with Gasteiger partial charge in [-0.1, -0.05) is 20.8 Å². The fourth-order valence-corrected chi connectivity index (χ4v) is 6.92. The number of cyclic esters (lactones) is 1. The van der Waals surface area contributed by atoms with Crippen LogP contribution in [0.25, 0.3) is 0 Å². The maximum Gasteiger partial charge on any atom is 0.311 e. The predicted octanol–water partition coefficient (Wildman–Crippen LogP) is 2.16. The van der Waals surface area contributed by atoms with E-state index in [0.29, 0.717) is 12.8 Å². The van der Waals surface area contributed by atoms with Crippen LogP contribution in [0, 0.1) is 17.8 Å². The lowest BCUT2D eigenvalue weighted by Gasteiger charge is -2.46. The molecule has 0 aromatic carbocycles. The molecule has 0 saturated carbocycles. The van der Waals surface area contributed by atoms with Crippen LogP contribution in [-0.2, 0) is 23.7 Å². The van der Waals surface area contributed by atoms with Crippen LogP contribution in [0.15, 0.2) is 4.99 Å². The summed E-state index contributed by atoms with van der Waals surface area (Å²) in [6.07, 6.45) is -4.13. The Labute approximate surface area is 234 Å². The lowest BCUT2D eigenvalue weighted by Crippen LogP contribution is -2.61. The minimum Gasteiger partial charge on any atom is -0.459 e. The van der Waals surface area contributed by atoms with E-state index in [1.54, 1.807) is 27.8 Å². The average molecular weight is 557 g/mol. The molecule has 226 valence electrons. The van der Waals surface area contributed by atoms with E-state index in [1.165, 1.54) is 0 Å². The van der Waals surface area contributed by atoms with Gasteiger partial charge in [-0.25, -0.2) is 0 Å². The molecular weight excluding hydrogens is 504 g/mol. The van der Waals surface area contributed by atoms with Crippen LogP contribution in [0.3, 0.4) is 0 Å². The molecule has 3 heterocycles. The molecular formula is C29H52N2O8. The third kappa shape index (κ3) is 6.68. The predicted molar refractivity (Wildman–Crippen MR) is 147 cm³/mol. The molecule has 3 aliphatic heterocycles. The number of fused-ring (bicyclic) bond motifs is 2. The number of nitrogens with zero attached hydrogens (tertiary/aromatic N) is 2. The van der Waals surface area contributed by atoms with Crippen LogP contribution in [0.1, 0.15) is 74.1 Å². The molecule has 8 unspecified atom stereocenters. The molecule has 10 heteroatoms. The number of hydrogen-bond acceptors (Lipinski definition) is 10. The SMILES string of the molecule is CCC1OC(=O)C(C)[C@H](O)[C@H]2OC([C@@H](C)C(=NC)[C@@H](C)C[C@@](C)(O)C2OC2CC(N(C)C)CC(C)O2)C1(C)O. The van der Waals surface area contributed by atoms with E-state index < -0.39 is 65.8 Å². The van der Waals surface area contributed by atoms with Gasteiger partial charge in [-0.05, 0) is 67.0 Å². The number of hydrogen-bond donors (Lipinski definition) is 3. The Morgan fingerprint density at radius 1 is 1.08 bits per heavy atom. The van der Waals surface area contributed by atoms with Gasteiger partial charge in [0.05, 0.1) is 29.8 Å². The van der Waals surface area contributed by atoms with Crippen molar-refractivity contribution in [3.05, 3.63) is 0 Å². The normalized spacial score (nSPS) is 49.3. The molecule has 0 aromatic heterocycles. The highest BCUT2D eigenvalue weighted by atomic mass is 16.7. The lowest BCUT2D eigenvalue weighted by molar-refractivity contribution is -0.293. The van der Waals surface area contributed by atoms with Crippen LogP contribution in [0.5, 0.6) is 0 Å². The van der Waals surface area contributed by atoms with Gasteiger partial charge in [-0.2, -0.15) is 0 Å². The van der Waals surface area contributed by atoms with Crippen molar-refractivity contribution in [3.8, 4) is 0 Å². The fourth-order valence-electron chi connectivity index (χ4n) is 6.92. The van der Waals surface area contributed by atoms with E-state index in [0.717, 1.165) is 12.1 Å². The number of rotatable bonds is 4. The zero-order chi connectivity index (χ0) is 29.4. The molecule has 2 bridgehead atoms. The summed E-state index contributed by atoms with van der Waals surface area (Å²) in [5, 5.41) is 35.6. The zero-order valence-electron chi connectivity index (χ0n) is 25.5. The van der Waals surface area contributed by atoms with Gasteiger partial charge in [0.25, 0.3) is 0 Å². The van der Waals surface area contributed by atoms with Crippen LogP contribution in [0.2, 0.25) is 0 Å². The van der Waals surface area contributed by atoms with Gasteiger partial charge in [-0.15, -0.1) is 0 Å². The third-order valence-electron chi connectivity index (χ3n) is 9.18. The maximum absolute atomic E-state index is 13.2. The number of carbonyl (C=O) groups excluding carboxylic acids is 1. The summed E-state index contributed by atoms with van der Waals surface area (Å²) in [7, 11) is 5.72. The first-order chi connectivity index (χ1) is 18.0. The Morgan fingerprint density at radius 2 is 1.72 bits per heavy atom. The molecule has 13 atom stereocenters. The van der Waals surface area contributed by atoms with Crippen molar-refractivity contribution in [2.75, 3.05) is 21.1 Å². The van der Waals surface area contributed by atoms with Gasteiger partial charge in [0.15, 0.2) is 6.29 Å². The van der Waals surface area contributed by atoms with E-state index in [4.69, 9.17) is 18.9 Å². The summed E-state index contributed by atoms with van der Waals surface area (Å²) < 4.78 is 25.2. The molecule has 3 aliphatic rings. The van der Waals surface area contributed by atoms with Crippen LogP contribution in [0.4, 0.5) is 0 Å². The quantitative estimate of drug-likeness (QED) is 0.446. The molecule has 0 radical (unpaired) electrons. The zero-order valence-corrected chi connectivity index (χ0v) is 25.5. The number of aliphatic hydroxyl groups excluding tert-OH is 1. The van der Waals surface area contributed by atoms with Gasteiger partial charge in [0.1, 0.15) is 23.9 Å². The number of carbonyl (C=O) groups is 1. The smallest absolute Gasteiger partial charge is 0.311 e. The second-order valence-corrected chi connectivity index (χ2v) is 12.8. The Morgan fingerprint density at radius 3 is 2.28 bits per heavy atom. The van der Waals surface area contributed by atoms with Gasteiger partial charge in [0, 0.05) is 31.1 Å². The first-order valence-electron chi connectivity index (χ1n) is 14.5. The number of ether oxygens (including phenoxy) is 4. The highest BCUT2D eigenvalue weighted by Gasteiger charge is 2.56. The second-order valence-electron chi connectivity index (χ2n) is 12.8. The van der Waals surface area contributed by atoms with Crippen LogP contribution < -0.4 is 0 Å². The maximum atomic E-state index is 13.2. The molecule has 10 nitrogen and oxygen atoms in total. The molecule has 39 heavy (non-hydrogen) atoms. The Hall–Kier alpha value is -1.14. The summed E-state index contributed by atoms with van der Waals surface area (Å²) in [4.78, 5) is 19.9. The second kappa shape index (κ2) is 12.4. The van der Waals surface area contributed by atoms with Crippen molar-refractivity contribution in [3.63, 3.8) is 0 Å². The van der Waals surface area contributed by atoms with E-state index in [1.807, 2.05) is 41.8 Å². The highest BCUT2D eigenvalue weighted by molar-refractivity contribution is 5.89. The monoisotopic (exact) mass is 556 g/mol. The largest absolute Gasteiger partial charge is 0.459 e. The summed E-state index contributed by atoms with van der Waals surface area (Å²) in [5.74, 6) is -2.23. The molecule has 3 N–H and O–H groups in total. The molecule has 3 saturated heterocycles. The van der Waals surface area contributed by atoms with Crippen LogP contribution in [-0.4, -0.2) is 113 Å². The first kappa shape index (κ1) is 32.4. The lowest BCUT2D eigenvalue weighted by atomic mass is 9.76.